The highest BCUT2D eigenvalue weighted by Gasteiger charge is 2.25. The van der Waals surface area contributed by atoms with E-state index < -0.39 is 0 Å². The molecule has 5 nitrogen and oxygen atoms in total. The first-order valence-corrected chi connectivity index (χ1v) is 8.44. The molecule has 1 aliphatic heterocycles. The number of hydrogen-bond acceptors (Lipinski definition) is 3. The SMILES string of the molecule is CCCCC(=O)NC1CCCN(C(=O)OCc2ccccc2)C1. The number of piperidine rings is 1. The summed E-state index contributed by atoms with van der Waals surface area (Å²) in [5, 5.41) is 3.02. The van der Waals surface area contributed by atoms with Crippen molar-refractivity contribution in [2.45, 2.75) is 51.7 Å². The van der Waals surface area contributed by atoms with Crippen LogP contribution in [0.4, 0.5) is 4.79 Å². The number of hydrogen-bond donors (Lipinski definition) is 1. The van der Waals surface area contributed by atoms with Crippen molar-refractivity contribution < 1.29 is 14.3 Å². The average molecular weight is 318 g/mol. The number of unbranched alkanes of at least 4 members (excludes halogenated alkanes) is 1. The summed E-state index contributed by atoms with van der Waals surface area (Å²) < 4.78 is 5.36. The summed E-state index contributed by atoms with van der Waals surface area (Å²) in [6.45, 7) is 3.57. The maximum Gasteiger partial charge on any atom is 0.410 e. The minimum atomic E-state index is -0.304. The maximum atomic E-state index is 12.2. The highest BCUT2D eigenvalue weighted by molar-refractivity contribution is 5.76. The summed E-state index contributed by atoms with van der Waals surface area (Å²) in [6.07, 6.45) is 3.98. The average Bonchev–Trinajstić information content (AvgIpc) is 2.59. The van der Waals surface area contributed by atoms with E-state index in [1.54, 1.807) is 4.90 Å². The van der Waals surface area contributed by atoms with Crippen molar-refractivity contribution in [3.8, 4) is 0 Å². The van der Waals surface area contributed by atoms with Crippen LogP contribution in [0.15, 0.2) is 30.3 Å². The van der Waals surface area contributed by atoms with E-state index in [0.717, 1.165) is 31.2 Å². The lowest BCUT2D eigenvalue weighted by Gasteiger charge is -2.32. The van der Waals surface area contributed by atoms with Crippen molar-refractivity contribution in [3.05, 3.63) is 35.9 Å². The van der Waals surface area contributed by atoms with Crippen molar-refractivity contribution in [2.24, 2.45) is 0 Å². The summed E-state index contributed by atoms with van der Waals surface area (Å²) in [7, 11) is 0. The molecule has 0 saturated carbocycles. The summed E-state index contributed by atoms with van der Waals surface area (Å²) >= 11 is 0. The molecule has 0 radical (unpaired) electrons. The van der Waals surface area contributed by atoms with Gasteiger partial charge in [-0.2, -0.15) is 0 Å². The van der Waals surface area contributed by atoms with Gasteiger partial charge in [-0.15, -0.1) is 0 Å². The number of amides is 2. The molecular formula is C18H26N2O3. The van der Waals surface area contributed by atoms with Crippen LogP contribution in [0.2, 0.25) is 0 Å². The van der Waals surface area contributed by atoms with E-state index in [9.17, 15) is 9.59 Å². The number of ether oxygens (including phenoxy) is 1. The third-order valence-electron chi connectivity index (χ3n) is 4.01. The first kappa shape index (κ1) is 17.3. The van der Waals surface area contributed by atoms with Gasteiger partial charge in [0.05, 0.1) is 0 Å². The number of nitrogens with one attached hydrogen (secondary N) is 1. The molecule has 0 aliphatic carbocycles. The molecule has 1 aromatic rings. The van der Waals surface area contributed by atoms with Crippen LogP contribution >= 0.6 is 0 Å². The number of rotatable bonds is 6. The molecule has 1 heterocycles. The zero-order valence-electron chi connectivity index (χ0n) is 13.8. The quantitative estimate of drug-likeness (QED) is 0.877. The van der Waals surface area contributed by atoms with E-state index in [1.165, 1.54) is 0 Å². The van der Waals surface area contributed by atoms with Crippen LogP contribution in [0.3, 0.4) is 0 Å². The Morgan fingerprint density at radius 1 is 1.30 bits per heavy atom. The van der Waals surface area contributed by atoms with Crippen molar-refractivity contribution in [1.82, 2.24) is 10.2 Å². The molecule has 2 rings (SSSR count). The van der Waals surface area contributed by atoms with Crippen LogP contribution in [0.25, 0.3) is 0 Å². The number of benzene rings is 1. The van der Waals surface area contributed by atoms with Gasteiger partial charge in [0, 0.05) is 25.6 Å². The highest BCUT2D eigenvalue weighted by Crippen LogP contribution is 2.13. The van der Waals surface area contributed by atoms with Crippen LogP contribution < -0.4 is 5.32 Å². The molecule has 1 unspecified atom stereocenters. The van der Waals surface area contributed by atoms with Gasteiger partial charge in [0.2, 0.25) is 5.91 Å². The lowest BCUT2D eigenvalue weighted by Crippen LogP contribution is -2.49. The summed E-state index contributed by atoms with van der Waals surface area (Å²) in [5.74, 6) is 0.0800. The number of nitrogens with zero attached hydrogens (tertiary/aromatic N) is 1. The Labute approximate surface area is 138 Å². The Kier molecular flexibility index (Phi) is 6.91. The first-order valence-electron chi connectivity index (χ1n) is 8.44. The molecule has 1 saturated heterocycles. The standard InChI is InChI=1S/C18H26N2O3/c1-2-3-11-17(21)19-16-10-7-12-20(13-16)18(22)23-14-15-8-5-4-6-9-15/h4-6,8-9,16H,2-3,7,10-14H2,1H3,(H,19,21). The molecule has 1 atom stereocenters. The van der Waals surface area contributed by atoms with Crippen LogP contribution in [0.1, 0.15) is 44.6 Å². The predicted octanol–water partition coefficient (Wildman–Crippen LogP) is 3.09. The van der Waals surface area contributed by atoms with Crippen LogP contribution in [0.5, 0.6) is 0 Å². The monoisotopic (exact) mass is 318 g/mol. The summed E-state index contributed by atoms with van der Waals surface area (Å²) in [6, 6.07) is 9.68. The molecular weight excluding hydrogens is 292 g/mol. The van der Waals surface area contributed by atoms with Gasteiger partial charge in [0.1, 0.15) is 6.61 Å². The summed E-state index contributed by atoms with van der Waals surface area (Å²) in [4.78, 5) is 25.7. The minimum absolute atomic E-state index is 0.0392. The predicted molar refractivity (Wildman–Crippen MR) is 88.9 cm³/mol. The molecule has 2 amide bonds. The third-order valence-corrected chi connectivity index (χ3v) is 4.01. The molecule has 1 fully saturated rings. The molecule has 0 spiro atoms. The van der Waals surface area contributed by atoms with E-state index in [4.69, 9.17) is 4.74 Å². The van der Waals surface area contributed by atoms with E-state index in [2.05, 4.69) is 12.2 Å². The van der Waals surface area contributed by atoms with Gasteiger partial charge in [-0.25, -0.2) is 4.79 Å². The van der Waals surface area contributed by atoms with Crippen molar-refractivity contribution in [2.75, 3.05) is 13.1 Å². The number of carbonyl (C=O) groups is 2. The van der Waals surface area contributed by atoms with Gasteiger partial charge in [0.25, 0.3) is 0 Å². The zero-order valence-corrected chi connectivity index (χ0v) is 13.8. The van der Waals surface area contributed by atoms with Crippen molar-refractivity contribution in [3.63, 3.8) is 0 Å². The normalized spacial score (nSPS) is 17.6. The largest absolute Gasteiger partial charge is 0.445 e. The zero-order chi connectivity index (χ0) is 16.5. The molecule has 1 aromatic carbocycles. The fourth-order valence-corrected chi connectivity index (χ4v) is 2.71. The van der Waals surface area contributed by atoms with E-state index >= 15 is 0 Å². The fraction of sp³-hybridized carbons (Fsp3) is 0.556. The molecule has 1 N–H and O–H groups in total. The van der Waals surface area contributed by atoms with Crippen molar-refractivity contribution >= 4 is 12.0 Å². The molecule has 1 aliphatic rings. The second kappa shape index (κ2) is 9.18. The Balaban J connectivity index is 1.76. The number of likely N-dealkylation sites (tertiary alicyclic amines) is 1. The van der Waals surface area contributed by atoms with Crippen LogP contribution in [-0.2, 0) is 16.1 Å². The first-order chi connectivity index (χ1) is 11.2. The molecule has 0 aromatic heterocycles. The van der Waals surface area contributed by atoms with E-state index in [-0.39, 0.29) is 24.6 Å². The lowest BCUT2D eigenvalue weighted by molar-refractivity contribution is -0.122. The molecule has 23 heavy (non-hydrogen) atoms. The second-order valence-electron chi connectivity index (χ2n) is 6.00. The Bertz CT molecular complexity index is 504. The van der Waals surface area contributed by atoms with E-state index in [0.29, 0.717) is 19.5 Å². The number of carbonyl (C=O) groups excluding carboxylic acids is 2. The van der Waals surface area contributed by atoms with E-state index in [1.807, 2.05) is 30.3 Å². The second-order valence-corrected chi connectivity index (χ2v) is 6.00. The van der Waals surface area contributed by atoms with Crippen molar-refractivity contribution in [1.29, 1.82) is 0 Å². The maximum absolute atomic E-state index is 12.2. The van der Waals surface area contributed by atoms with Gasteiger partial charge in [-0.1, -0.05) is 43.7 Å². The van der Waals surface area contributed by atoms with Crippen LogP contribution in [0, 0.1) is 0 Å². The van der Waals surface area contributed by atoms with Gasteiger partial charge >= 0.3 is 6.09 Å². The van der Waals surface area contributed by atoms with Gasteiger partial charge in [-0.3, -0.25) is 4.79 Å². The van der Waals surface area contributed by atoms with Crippen LogP contribution in [-0.4, -0.2) is 36.0 Å². The highest BCUT2D eigenvalue weighted by atomic mass is 16.6. The van der Waals surface area contributed by atoms with Gasteiger partial charge < -0.3 is 15.0 Å². The minimum Gasteiger partial charge on any atom is -0.445 e. The van der Waals surface area contributed by atoms with Gasteiger partial charge in [0.15, 0.2) is 0 Å². The molecule has 126 valence electrons. The molecule has 0 bridgehead atoms. The Morgan fingerprint density at radius 3 is 2.83 bits per heavy atom. The Hall–Kier alpha value is -2.04. The smallest absolute Gasteiger partial charge is 0.410 e. The molecule has 5 heteroatoms. The summed E-state index contributed by atoms with van der Waals surface area (Å²) in [5.41, 5.74) is 0.974. The third kappa shape index (κ3) is 5.93. The fourth-order valence-electron chi connectivity index (χ4n) is 2.71. The topological polar surface area (TPSA) is 58.6 Å². The van der Waals surface area contributed by atoms with Gasteiger partial charge in [-0.05, 0) is 24.8 Å². The lowest BCUT2D eigenvalue weighted by atomic mass is 10.1. The Morgan fingerprint density at radius 2 is 2.09 bits per heavy atom.